The van der Waals surface area contributed by atoms with E-state index in [1.54, 1.807) is 0 Å². The van der Waals surface area contributed by atoms with Crippen molar-refractivity contribution in [1.29, 1.82) is 0 Å². The molecular formula is C107H180N10. The van der Waals surface area contributed by atoms with E-state index in [2.05, 4.69) is 459 Å². The molecule has 1 saturated heterocycles. The first-order chi connectivity index (χ1) is 53.4. The number of rotatable bonds is 15. The Balaban J connectivity index is 0.00000131. The van der Waals surface area contributed by atoms with Crippen LogP contribution in [0.5, 0.6) is 0 Å². The molecule has 6 N–H and O–H groups in total. The fourth-order valence-corrected chi connectivity index (χ4v) is 13.7. The van der Waals surface area contributed by atoms with Crippen LogP contribution in [0, 0.1) is 47.0 Å². The number of benzene rings is 7. The fraction of sp³-hybridized carbons (Fsp3) is 0.579. The van der Waals surface area contributed by atoms with Crippen LogP contribution >= 0.6 is 0 Å². The van der Waals surface area contributed by atoms with Gasteiger partial charge in [0, 0.05) is 119 Å². The van der Waals surface area contributed by atoms with Gasteiger partial charge >= 0.3 is 0 Å². The predicted molar refractivity (Wildman–Crippen MR) is 524 cm³/mol. The largest absolute Gasteiger partial charge is 0.380 e. The summed E-state index contributed by atoms with van der Waals surface area (Å²) in [6, 6.07) is 62.9. The lowest BCUT2D eigenvalue weighted by atomic mass is 9.88. The van der Waals surface area contributed by atoms with Gasteiger partial charge in [-0.05, 0) is 302 Å². The maximum atomic E-state index is 4.20. The van der Waals surface area contributed by atoms with Gasteiger partial charge in [-0.1, -0.05) is 248 Å². The predicted octanol–water partition coefficient (Wildman–Crippen LogP) is 27.9. The van der Waals surface area contributed by atoms with Gasteiger partial charge in [-0.3, -0.25) is 9.58 Å². The molecule has 0 spiro atoms. The smallest absolute Gasteiger partial charge is 0.0568 e. The summed E-state index contributed by atoms with van der Waals surface area (Å²) in [5, 5.41) is 25.7. The van der Waals surface area contributed by atoms with Gasteiger partial charge in [-0.2, -0.15) is 5.10 Å². The lowest BCUT2D eigenvalue weighted by molar-refractivity contribution is 0.112. The van der Waals surface area contributed by atoms with Gasteiger partial charge in [-0.15, -0.1) is 0 Å². The molecule has 2 fully saturated rings. The Kier molecular flexibility index (Phi) is 48.2. The second kappa shape index (κ2) is 51.1. The van der Waals surface area contributed by atoms with Crippen molar-refractivity contribution in [2.75, 3.05) is 38.0 Å². The van der Waals surface area contributed by atoms with Crippen molar-refractivity contribution in [2.24, 2.45) is 12.5 Å². The summed E-state index contributed by atoms with van der Waals surface area (Å²) in [6.45, 7) is 91.1. The van der Waals surface area contributed by atoms with Gasteiger partial charge < -0.3 is 36.8 Å². The highest BCUT2D eigenvalue weighted by molar-refractivity contribution is 5.62. The van der Waals surface area contributed by atoms with Crippen molar-refractivity contribution in [3.63, 3.8) is 0 Å². The van der Waals surface area contributed by atoms with Gasteiger partial charge in [0.25, 0.3) is 0 Å². The van der Waals surface area contributed by atoms with Crippen LogP contribution in [-0.4, -0.2) is 91.6 Å². The lowest BCUT2D eigenvalue weighted by Gasteiger charge is -2.36. The molecule has 658 valence electrons. The molecule has 10 heteroatoms. The number of nitrogens with zero attached hydrogens (tertiary/aromatic N) is 4. The molecule has 0 bridgehead atoms. The van der Waals surface area contributed by atoms with Gasteiger partial charge in [0.2, 0.25) is 0 Å². The average molecular weight is 1610 g/mol. The van der Waals surface area contributed by atoms with Crippen LogP contribution in [0.25, 0.3) is 11.1 Å². The first-order valence-electron chi connectivity index (χ1n) is 44.1. The summed E-state index contributed by atoms with van der Waals surface area (Å²) in [7, 11) is 1.94. The minimum Gasteiger partial charge on any atom is -0.380 e. The highest BCUT2D eigenvalue weighted by Gasteiger charge is 2.46. The van der Waals surface area contributed by atoms with Crippen LogP contribution in [0.3, 0.4) is 0 Å². The fourth-order valence-electron chi connectivity index (χ4n) is 13.7. The molecule has 3 atom stereocenters. The van der Waals surface area contributed by atoms with Gasteiger partial charge in [0.15, 0.2) is 0 Å². The van der Waals surface area contributed by atoms with Crippen LogP contribution in [0.1, 0.15) is 334 Å². The van der Waals surface area contributed by atoms with Crippen molar-refractivity contribution >= 4 is 5.69 Å². The Morgan fingerprint density at radius 3 is 1.09 bits per heavy atom. The van der Waals surface area contributed by atoms with Crippen LogP contribution in [0.2, 0.25) is 0 Å². The molecule has 117 heavy (non-hydrogen) atoms. The Morgan fingerprint density at radius 1 is 0.410 bits per heavy atom. The zero-order chi connectivity index (χ0) is 89.0. The molecule has 2 aliphatic rings. The highest BCUT2D eigenvalue weighted by Crippen LogP contribution is 2.47. The van der Waals surface area contributed by atoms with Gasteiger partial charge in [-0.25, -0.2) is 0 Å². The molecule has 2 heterocycles. The summed E-state index contributed by atoms with van der Waals surface area (Å²) in [6.07, 6.45) is 7.63. The molecule has 0 radical (unpaired) electrons. The van der Waals surface area contributed by atoms with E-state index < -0.39 is 0 Å². The summed E-state index contributed by atoms with van der Waals surface area (Å²) in [5.74, 6) is 0. The van der Waals surface area contributed by atoms with Crippen LogP contribution in [0.4, 0.5) is 5.69 Å². The molecule has 1 aromatic heterocycles. The monoisotopic (exact) mass is 1610 g/mol. The van der Waals surface area contributed by atoms with Crippen LogP contribution in [0.15, 0.2) is 182 Å². The molecule has 1 aliphatic carbocycles. The number of likely N-dealkylation sites (N-methyl/N-ethyl adjacent to an activating group) is 1. The zero-order valence-electron chi connectivity index (χ0n) is 82.1. The maximum absolute atomic E-state index is 4.20. The third-order valence-corrected chi connectivity index (χ3v) is 19.0. The number of piperazine rings is 1. The van der Waals surface area contributed by atoms with Gasteiger partial charge in [0.1, 0.15) is 0 Å². The number of anilines is 1. The van der Waals surface area contributed by atoms with E-state index in [0.29, 0.717) is 23.5 Å². The second-order valence-electron chi connectivity index (χ2n) is 40.4. The quantitative estimate of drug-likeness (QED) is 0.0600. The van der Waals surface area contributed by atoms with E-state index in [1.807, 2.05) is 51.8 Å². The van der Waals surface area contributed by atoms with E-state index in [9.17, 15) is 0 Å². The number of hydrogen-bond donors (Lipinski definition) is 6. The van der Waals surface area contributed by atoms with E-state index in [1.165, 1.54) is 124 Å². The molecule has 0 amide bonds. The normalized spacial score (nSPS) is 14.3. The SMILES string of the molecule is C.CC.CC.CC(NC(C)(C)C)c1ccc(-c2cnn(C)c2)cc1.CCN1CCN(C(C)C)CC1.Cc1ccc(C(C)(C)NC(C)(C)C)cc1.Cc1ccc(C2(NC(C)(C)C)CC2)cc1.Cc1ccc(CC(C)(C)C)cc1.Cc1ccc([C@@H](C)NC(C)(C)C)cc1.Cc1ccc([C@H](C)NC(C)(C)C)cc1.Cc1cccc(NC(C)(C)C)c1. The third kappa shape index (κ3) is 50.2. The van der Waals surface area contributed by atoms with E-state index in [-0.39, 0.29) is 51.7 Å². The molecular weight excluding hydrogens is 1430 g/mol. The maximum Gasteiger partial charge on any atom is 0.0568 e. The topological polar surface area (TPSA) is 96.5 Å². The van der Waals surface area contributed by atoms with E-state index in [4.69, 9.17) is 0 Å². The summed E-state index contributed by atoms with van der Waals surface area (Å²) >= 11 is 0. The Morgan fingerprint density at radius 2 is 0.778 bits per heavy atom. The second-order valence-corrected chi connectivity index (χ2v) is 40.4. The van der Waals surface area contributed by atoms with Crippen molar-refractivity contribution in [3.05, 3.63) is 249 Å². The van der Waals surface area contributed by atoms with Crippen LogP contribution < -0.4 is 31.9 Å². The minimum absolute atomic E-state index is 0. The van der Waals surface area contributed by atoms with E-state index in [0.717, 1.165) is 18.0 Å². The average Bonchev–Trinajstić information content (AvgIpc) is 1.61. The lowest BCUT2D eigenvalue weighted by Crippen LogP contribution is -2.48. The standard InChI is InChI=1S/C16H23N3.C14H21N.C14H23N.2C13H21N.C12H18.C11H17N.C9H20N2.2C2H6.CH4/c1-12(18-16(2,3)4)13-6-8-14(9-7-13)15-10-17-19(5)11-15;1-11-5-7-12(8-6-11)14(9-10-14)15-13(2,3)4;1-11-7-9-12(10-8-11)14(5,6)15-13(2,3)4;2*1-10-6-8-12(9-7-10)11(2)14-13(3,4)5;1-10-5-7-11(8-6-10)9-12(2,3)4;1-9-6-5-7-10(8-9)12-11(2,3)4;1-4-10-5-7-11(8-6-10)9(2)3;2*1-2;/h6-12,18H,1-5H3;5-8,15H,9-10H2,1-4H3;7-10,15H,1-6H3;2*6-9,11,14H,1-5H3;5-8H,9H2,1-4H3;5-8,12H,1-4H3;9H,4-8H2,1-3H3;2*1-2H3;1H4/t;;;2*11-;;;;;;/m...10....../s1. The van der Waals surface area contributed by atoms with Crippen molar-refractivity contribution in [3.8, 4) is 11.1 Å². The Labute approximate surface area is 723 Å². The molecule has 10 nitrogen and oxygen atoms in total. The number of nitrogens with one attached hydrogen (secondary N) is 6. The minimum atomic E-state index is 0. The molecule has 1 unspecified atom stereocenters. The van der Waals surface area contributed by atoms with Crippen molar-refractivity contribution in [2.45, 2.75) is 365 Å². The molecule has 7 aromatic carbocycles. The Hall–Kier alpha value is -6.73. The third-order valence-electron chi connectivity index (χ3n) is 19.0. The first kappa shape index (κ1) is 110. The number of aromatic nitrogens is 2. The van der Waals surface area contributed by atoms with Crippen molar-refractivity contribution < 1.29 is 0 Å². The summed E-state index contributed by atoms with van der Waals surface area (Å²) < 4.78 is 1.83. The molecule has 10 rings (SSSR count). The summed E-state index contributed by atoms with van der Waals surface area (Å²) in [5.41, 5.74) is 21.3. The van der Waals surface area contributed by atoms with Crippen molar-refractivity contribution in [1.82, 2.24) is 46.2 Å². The Bertz CT molecular complexity index is 3730. The first-order valence-corrected chi connectivity index (χ1v) is 44.1. The number of hydrogen-bond acceptors (Lipinski definition) is 9. The van der Waals surface area contributed by atoms with Crippen LogP contribution in [-0.2, 0) is 24.5 Å². The number of aryl methyl sites for hydroxylation is 7. The highest BCUT2D eigenvalue weighted by atomic mass is 15.3. The summed E-state index contributed by atoms with van der Waals surface area (Å²) in [4.78, 5) is 5.06. The van der Waals surface area contributed by atoms with Gasteiger partial charge in [0.05, 0.1) is 6.20 Å². The molecule has 1 saturated carbocycles. The van der Waals surface area contributed by atoms with E-state index >= 15 is 0 Å². The molecule has 1 aliphatic heterocycles. The molecule has 8 aromatic rings. The zero-order valence-corrected chi connectivity index (χ0v) is 82.1.